The first-order chi connectivity index (χ1) is 12.2. The minimum atomic E-state index is 0. The molecule has 136 valence electrons. The first kappa shape index (κ1) is 19.8. The summed E-state index contributed by atoms with van der Waals surface area (Å²) >= 11 is 0. The van der Waals surface area contributed by atoms with Gasteiger partial charge in [0.2, 0.25) is 0 Å². The highest BCUT2D eigenvalue weighted by molar-refractivity contribution is 14.0. The van der Waals surface area contributed by atoms with Gasteiger partial charge in [-0.15, -0.1) is 24.0 Å². The molecule has 1 aromatic carbocycles. The van der Waals surface area contributed by atoms with Gasteiger partial charge in [-0.05, 0) is 36.2 Å². The summed E-state index contributed by atoms with van der Waals surface area (Å²) in [4.78, 5) is 12.8. The lowest BCUT2D eigenvalue weighted by Gasteiger charge is -2.06. The Kier molecular flexibility index (Phi) is 7.52. The Bertz CT molecular complexity index is 832. The molecule has 3 rings (SSSR count). The van der Waals surface area contributed by atoms with Crippen molar-refractivity contribution >= 4 is 35.6 Å². The van der Waals surface area contributed by atoms with Gasteiger partial charge in [-0.3, -0.25) is 9.98 Å². The molecule has 3 N–H and O–H groups in total. The van der Waals surface area contributed by atoms with Crippen LogP contribution in [0.15, 0.2) is 58.2 Å². The topological polar surface area (TPSA) is 102 Å². The fourth-order valence-corrected chi connectivity index (χ4v) is 2.24. The van der Waals surface area contributed by atoms with Gasteiger partial charge in [0.15, 0.2) is 11.8 Å². The van der Waals surface area contributed by atoms with Gasteiger partial charge < -0.3 is 15.6 Å². The number of guanidine groups is 1. The van der Waals surface area contributed by atoms with Crippen molar-refractivity contribution in [3.8, 4) is 11.6 Å². The summed E-state index contributed by atoms with van der Waals surface area (Å²) in [6, 6.07) is 13.6. The van der Waals surface area contributed by atoms with Crippen LogP contribution >= 0.6 is 24.0 Å². The summed E-state index contributed by atoms with van der Waals surface area (Å²) in [7, 11) is 0. The van der Waals surface area contributed by atoms with Gasteiger partial charge in [-0.25, -0.2) is 0 Å². The molecule has 0 atom stereocenters. The molecule has 0 aliphatic heterocycles. The third kappa shape index (κ3) is 5.51. The zero-order valence-electron chi connectivity index (χ0n) is 14.4. The van der Waals surface area contributed by atoms with Crippen LogP contribution in [0.25, 0.3) is 11.6 Å². The van der Waals surface area contributed by atoms with E-state index in [9.17, 15) is 0 Å². The molecule has 2 aromatic heterocycles. The summed E-state index contributed by atoms with van der Waals surface area (Å²) in [5.41, 5.74) is 8.75. The predicted molar refractivity (Wildman–Crippen MR) is 113 cm³/mol. The predicted octanol–water partition coefficient (Wildman–Crippen LogP) is 3.28. The van der Waals surface area contributed by atoms with Gasteiger partial charge in [-0.1, -0.05) is 30.3 Å². The minimum Gasteiger partial charge on any atom is -0.370 e. The van der Waals surface area contributed by atoms with Crippen LogP contribution < -0.4 is 11.1 Å². The lowest BCUT2D eigenvalue weighted by molar-refractivity contribution is 0.421. The maximum Gasteiger partial charge on any atom is 0.276 e. The third-order valence-electron chi connectivity index (χ3n) is 3.60. The van der Waals surface area contributed by atoms with E-state index in [1.807, 2.05) is 30.3 Å². The molecule has 0 unspecified atom stereocenters. The van der Waals surface area contributed by atoms with Crippen LogP contribution in [0, 0.1) is 0 Å². The van der Waals surface area contributed by atoms with Crippen molar-refractivity contribution in [2.45, 2.75) is 19.8 Å². The SMILES string of the molecule is CCc1ccc(NC(N)=NCCc2noc(-c3ccccn3)n2)cc1.I. The standard InChI is InChI=1S/C18H20N6O.HI/c1-2-13-6-8-14(9-7-13)22-18(19)21-12-10-16-23-17(25-24-16)15-5-3-4-11-20-15;/h3-9,11H,2,10,12H2,1H3,(H3,19,21,22);1H. The summed E-state index contributed by atoms with van der Waals surface area (Å²) < 4.78 is 5.21. The maximum atomic E-state index is 5.90. The van der Waals surface area contributed by atoms with E-state index in [0.29, 0.717) is 36.3 Å². The zero-order chi connectivity index (χ0) is 17.5. The number of pyridine rings is 1. The van der Waals surface area contributed by atoms with E-state index >= 15 is 0 Å². The fourth-order valence-electron chi connectivity index (χ4n) is 2.24. The maximum absolute atomic E-state index is 5.90. The first-order valence-electron chi connectivity index (χ1n) is 8.14. The number of aryl methyl sites for hydroxylation is 1. The molecule has 0 radical (unpaired) electrons. The van der Waals surface area contributed by atoms with Gasteiger partial charge in [-0.2, -0.15) is 4.98 Å². The highest BCUT2D eigenvalue weighted by Gasteiger charge is 2.09. The third-order valence-corrected chi connectivity index (χ3v) is 3.60. The number of benzene rings is 1. The summed E-state index contributed by atoms with van der Waals surface area (Å²) in [6.07, 6.45) is 3.23. The average Bonchev–Trinajstić information content (AvgIpc) is 3.12. The Labute approximate surface area is 169 Å². The van der Waals surface area contributed by atoms with Crippen molar-refractivity contribution in [2.24, 2.45) is 10.7 Å². The first-order valence-corrected chi connectivity index (χ1v) is 8.14. The molecule has 26 heavy (non-hydrogen) atoms. The molecule has 0 amide bonds. The van der Waals surface area contributed by atoms with Crippen LogP contribution in [0.5, 0.6) is 0 Å². The van der Waals surface area contributed by atoms with Gasteiger partial charge >= 0.3 is 0 Å². The number of rotatable bonds is 6. The molecule has 0 aliphatic rings. The molecule has 0 saturated carbocycles. The molecule has 7 nitrogen and oxygen atoms in total. The van der Waals surface area contributed by atoms with Gasteiger partial charge in [0.05, 0.1) is 0 Å². The van der Waals surface area contributed by atoms with Gasteiger partial charge in [0.1, 0.15) is 5.69 Å². The molecule has 0 aliphatic carbocycles. The lowest BCUT2D eigenvalue weighted by atomic mass is 10.1. The van der Waals surface area contributed by atoms with E-state index in [1.165, 1.54) is 5.56 Å². The second kappa shape index (κ2) is 9.85. The number of hydrogen-bond donors (Lipinski definition) is 2. The molecule has 3 aromatic rings. The number of nitrogens with one attached hydrogen (secondary N) is 1. The molecule has 0 saturated heterocycles. The smallest absolute Gasteiger partial charge is 0.276 e. The fraction of sp³-hybridized carbons (Fsp3) is 0.222. The second-order valence-corrected chi connectivity index (χ2v) is 5.42. The Balaban J connectivity index is 0.00000243. The van der Waals surface area contributed by atoms with E-state index in [2.05, 4.69) is 44.5 Å². The molecular formula is C18H21IN6O. The normalized spacial score (nSPS) is 11.0. The highest BCUT2D eigenvalue weighted by atomic mass is 127. The second-order valence-electron chi connectivity index (χ2n) is 5.42. The van der Waals surface area contributed by atoms with Crippen molar-refractivity contribution in [1.29, 1.82) is 0 Å². The summed E-state index contributed by atoms with van der Waals surface area (Å²) in [6.45, 7) is 2.59. The highest BCUT2D eigenvalue weighted by Crippen LogP contribution is 2.13. The van der Waals surface area contributed by atoms with E-state index in [-0.39, 0.29) is 24.0 Å². The lowest BCUT2D eigenvalue weighted by Crippen LogP contribution is -2.23. The Morgan fingerprint density at radius 1 is 1.19 bits per heavy atom. The van der Waals surface area contributed by atoms with Crippen LogP contribution in [0.4, 0.5) is 5.69 Å². The van der Waals surface area contributed by atoms with Crippen LogP contribution in [0.2, 0.25) is 0 Å². The van der Waals surface area contributed by atoms with Crippen molar-refractivity contribution in [3.05, 3.63) is 60.0 Å². The monoisotopic (exact) mass is 464 g/mol. The Morgan fingerprint density at radius 3 is 2.69 bits per heavy atom. The number of aliphatic imine (C=N–C) groups is 1. The zero-order valence-corrected chi connectivity index (χ0v) is 16.8. The number of anilines is 1. The van der Waals surface area contributed by atoms with Gasteiger partial charge in [0.25, 0.3) is 5.89 Å². The van der Waals surface area contributed by atoms with Crippen molar-refractivity contribution in [1.82, 2.24) is 15.1 Å². The Morgan fingerprint density at radius 2 is 2.00 bits per heavy atom. The Hall–Kier alpha value is -2.49. The van der Waals surface area contributed by atoms with Crippen molar-refractivity contribution in [2.75, 3.05) is 11.9 Å². The van der Waals surface area contributed by atoms with E-state index in [4.69, 9.17) is 10.3 Å². The van der Waals surface area contributed by atoms with Crippen LogP contribution in [-0.2, 0) is 12.8 Å². The number of aromatic nitrogens is 3. The van der Waals surface area contributed by atoms with E-state index in [1.54, 1.807) is 6.20 Å². The van der Waals surface area contributed by atoms with Crippen LogP contribution in [0.1, 0.15) is 18.3 Å². The van der Waals surface area contributed by atoms with Crippen molar-refractivity contribution in [3.63, 3.8) is 0 Å². The molecule has 8 heteroatoms. The number of hydrogen-bond acceptors (Lipinski definition) is 5. The van der Waals surface area contributed by atoms with E-state index in [0.717, 1.165) is 12.1 Å². The van der Waals surface area contributed by atoms with E-state index < -0.39 is 0 Å². The summed E-state index contributed by atoms with van der Waals surface area (Å²) in [5.74, 6) is 1.34. The van der Waals surface area contributed by atoms with Crippen molar-refractivity contribution < 1.29 is 4.52 Å². The molecule has 2 heterocycles. The largest absolute Gasteiger partial charge is 0.370 e. The molecule has 0 bridgehead atoms. The number of halogens is 1. The van der Waals surface area contributed by atoms with Gasteiger partial charge in [0, 0.05) is 24.8 Å². The number of nitrogens with two attached hydrogens (primary N) is 1. The average molecular weight is 464 g/mol. The number of nitrogens with zero attached hydrogens (tertiary/aromatic N) is 4. The molecule has 0 spiro atoms. The molecule has 0 fully saturated rings. The summed E-state index contributed by atoms with van der Waals surface area (Å²) in [5, 5.41) is 7.00. The quantitative estimate of drug-likeness (QED) is 0.330. The molecular weight excluding hydrogens is 443 g/mol. The minimum absolute atomic E-state index is 0. The van der Waals surface area contributed by atoms with Crippen LogP contribution in [-0.4, -0.2) is 27.6 Å². The van der Waals surface area contributed by atoms with Crippen LogP contribution in [0.3, 0.4) is 0 Å².